The van der Waals surface area contributed by atoms with Crippen LogP contribution < -0.4 is 0 Å². The molecule has 0 rings (SSSR count). The van der Waals surface area contributed by atoms with Crippen LogP contribution in [0, 0.1) is 11.8 Å². The Hall–Kier alpha value is -1.06. The van der Waals surface area contributed by atoms with E-state index in [2.05, 4.69) is 6.92 Å². The Kier molecular flexibility index (Phi) is 11.1. The van der Waals surface area contributed by atoms with E-state index in [1.54, 1.807) is 0 Å². The van der Waals surface area contributed by atoms with Crippen LogP contribution in [0.4, 0.5) is 0 Å². The number of carbonyl (C=O) groups is 2. The molecule has 0 amide bonds. The molecule has 0 bridgehead atoms. The lowest BCUT2D eigenvalue weighted by Gasteiger charge is -2.19. The van der Waals surface area contributed by atoms with Gasteiger partial charge in [0.05, 0.1) is 5.92 Å². The predicted octanol–water partition coefficient (Wildman–Crippen LogP) is 4.33. The SMILES string of the molecule is CCCCCCC(CC(=O)O)CC(CCCC)C(=O)O. The first-order chi connectivity index (χ1) is 9.51. The normalized spacial score (nSPS) is 13.9. The van der Waals surface area contributed by atoms with Gasteiger partial charge in [-0.05, 0) is 25.2 Å². The van der Waals surface area contributed by atoms with Crippen LogP contribution in [0.2, 0.25) is 0 Å². The molecule has 0 spiro atoms. The molecule has 0 aromatic rings. The molecule has 0 heterocycles. The Bertz CT molecular complexity index is 276. The molecule has 0 aliphatic carbocycles. The van der Waals surface area contributed by atoms with E-state index in [1.165, 1.54) is 0 Å². The third-order valence-corrected chi connectivity index (χ3v) is 3.80. The van der Waals surface area contributed by atoms with Crippen LogP contribution in [-0.2, 0) is 9.59 Å². The summed E-state index contributed by atoms with van der Waals surface area (Å²) in [7, 11) is 0. The third-order valence-electron chi connectivity index (χ3n) is 3.80. The number of unbranched alkanes of at least 4 members (excludes halogenated alkanes) is 4. The highest BCUT2D eigenvalue weighted by atomic mass is 16.4. The van der Waals surface area contributed by atoms with E-state index in [4.69, 9.17) is 5.11 Å². The van der Waals surface area contributed by atoms with E-state index in [0.29, 0.717) is 12.8 Å². The Labute approximate surface area is 122 Å². The van der Waals surface area contributed by atoms with Crippen molar-refractivity contribution in [2.45, 2.75) is 78.1 Å². The highest BCUT2D eigenvalue weighted by Gasteiger charge is 2.23. The fourth-order valence-electron chi connectivity index (χ4n) is 2.61. The summed E-state index contributed by atoms with van der Waals surface area (Å²) >= 11 is 0. The summed E-state index contributed by atoms with van der Waals surface area (Å²) in [4.78, 5) is 22.2. The summed E-state index contributed by atoms with van der Waals surface area (Å²) in [6.07, 6.45) is 8.41. The molecule has 20 heavy (non-hydrogen) atoms. The molecule has 118 valence electrons. The van der Waals surface area contributed by atoms with Crippen molar-refractivity contribution in [1.29, 1.82) is 0 Å². The average molecular weight is 286 g/mol. The Morgan fingerprint density at radius 3 is 2.05 bits per heavy atom. The van der Waals surface area contributed by atoms with E-state index in [0.717, 1.165) is 44.9 Å². The van der Waals surface area contributed by atoms with Crippen molar-refractivity contribution in [2.24, 2.45) is 11.8 Å². The van der Waals surface area contributed by atoms with Gasteiger partial charge in [0.2, 0.25) is 0 Å². The Morgan fingerprint density at radius 2 is 1.55 bits per heavy atom. The van der Waals surface area contributed by atoms with E-state index >= 15 is 0 Å². The van der Waals surface area contributed by atoms with Crippen molar-refractivity contribution in [1.82, 2.24) is 0 Å². The number of carboxylic acid groups (broad SMARTS) is 2. The summed E-state index contributed by atoms with van der Waals surface area (Å²) in [5.74, 6) is -1.97. The second-order valence-electron chi connectivity index (χ2n) is 5.73. The van der Waals surface area contributed by atoms with E-state index < -0.39 is 11.9 Å². The summed E-state index contributed by atoms with van der Waals surface area (Å²) in [6, 6.07) is 0. The first-order valence-electron chi connectivity index (χ1n) is 7.95. The van der Waals surface area contributed by atoms with E-state index in [1.807, 2.05) is 6.92 Å². The van der Waals surface area contributed by atoms with Gasteiger partial charge in [-0.2, -0.15) is 0 Å². The molecule has 0 saturated heterocycles. The van der Waals surface area contributed by atoms with Crippen molar-refractivity contribution in [3.05, 3.63) is 0 Å². The van der Waals surface area contributed by atoms with Gasteiger partial charge in [0.15, 0.2) is 0 Å². The van der Waals surface area contributed by atoms with Gasteiger partial charge < -0.3 is 10.2 Å². The summed E-state index contributed by atoms with van der Waals surface area (Å²) in [5, 5.41) is 18.2. The highest BCUT2D eigenvalue weighted by molar-refractivity contribution is 5.70. The predicted molar refractivity (Wildman–Crippen MR) is 79.8 cm³/mol. The Morgan fingerprint density at radius 1 is 0.900 bits per heavy atom. The summed E-state index contributed by atoms with van der Waals surface area (Å²) in [5.41, 5.74) is 0. The molecule has 4 heteroatoms. The number of hydrogen-bond acceptors (Lipinski definition) is 2. The van der Waals surface area contributed by atoms with Gasteiger partial charge in [0.1, 0.15) is 0 Å². The van der Waals surface area contributed by atoms with Gasteiger partial charge in [-0.25, -0.2) is 0 Å². The topological polar surface area (TPSA) is 74.6 Å². The monoisotopic (exact) mass is 286 g/mol. The van der Waals surface area contributed by atoms with Crippen LogP contribution >= 0.6 is 0 Å². The molecule has 0 aliphatic rings. The van der Waals surface area contributed by atoms with Crippen LogP contribution in [0.3, 0.4) is 0 Å². The average Bonchev–Trinajstić information content (AvgIpc) is 2.38. The van der Waals surface area contributed by atoms with E-state index in [9.17, 15) is 14.7 Å². The fourth-order valence-corrected chi connectivity index (χ4v) is 2.61. The molecule has 0 saturated carbocycles. The molecular formula is C16H30O4. The number of aliphatic carboxylic acids is 2. The maximum atomic E-state index is 11.3. The quantitative estimate of drug-likeness (QED) is 0.494. The number of rotatable bonds is 13. The van der Waals surface area contributed by atoms with Gasteiger partial charge in [-0.1, -0.05) is 52.4 Å². The van der Waals surface area contributed by atoms with Crippen molar-refractivity contribution >= 4 is 11.9 Å². The zero-order valence-corrected chi connectivity index (χ0v) is 12.9. The molecule has 0 fully saturated rings. The second kappa shape index (κ2) is 11.7. The standard InChI is InChI=1S/C16H30O4/c1-3-5-7-8-9-13(12-15(17)18)11-14(16(19)20)10-6-4-2/h13-14H,3-12H2,1-2H3,(H,17,18)(H,19,20). The first kappa shape index (κ1) is 18.9. The van der Waals surface area contributed by atoms with Crippen LogP contribution in [0.15, 0.2) is 0 Å². The largest absolute Gasteiger partial charge is 0.481 e. The molecule has 4 nitrogen and oxygen atoms in total. The zero-order valence-electron chi connectivity index (χ0n) is 12.9. The molecule has 0 aliphatic heterocycles. The minimum Gasteiger partial charge on any atom is -0.481 e. The molecule has 2 atom stereocenters. The van der Waals surface area contributed by atoms with Crippen LogP contribution in [0.1, 0.15) is 78.1 Å². The Balaban J connectivity index is 4.34. The third kappa shape index (κ3) is 9.82. The molecule has 2 N–H and O–H groups in total. The van der Waals surface area contributed by atoms with Gasteiger partial charge in [-0.3, -0.25) is 9.59 Å². The van der Waals surface area contributed by atoms with Gasteiger partial charge >= 0.3 is 11.9 Å². The van der Waals surface area contributed by atoms with Gasteiger partial charge in [0.25, 0.3) is 0 Å². The summed E-state index contributed by atoms with van der Waals surface area (Å²) in [6.45, 7) is 4.18. The molecular weight excluding hydrogens is 256 g/mol. The van der Waals surface area contributed by atoms with Crippen LogP contribution in [-0.4, -0.2) is 22.2 Å². The van der Waals surface area contributed by atoms with Crippen molar-refractivity contribution < 1.29 is 19.8 Å². The van der Waals surface area contributed by atoms with Crippen LogP contribution in [0.25, 0.3) is 0 Å². The lowest BCUT2D eigenvalue weighted by atomic mass is 9.85. The zero-order chi connectivity index (χ0) is 15.4. The maximum Gasteiger partial charge on any atom is 0.306 e. The maximum absolute atomic E-state index is 11.3. The lowest BCUT2D eigenvalue weighted by molar-refractivity contribution is -0.144. The minimum absolute atomic E-state index is 0.00214. The van der Waals surface area contributed by atoms with Crippen molar-refractivity contribution in [3.63, 3.8) is 0 Å². The fraction of sp³-hybridized carbons (Fsp3) is 0.875. The first-order valence-corrected chi connectivity index (χ1v) is 7.95. The molecule has 2 unspecified atom stereocenters. The highest BCUT2D eigenvalue weighted by Crippen LogP contribution is 2.26. The van der Waals surface area contributed by atoms with Gasteiger partial charge in [-0.15, -0.1) is 0 Å². The van der Waals surface area contributed by atoms with Crippen molar-refractivity contribution in [3.8, 4) is 0 Å². The summed E-state index contributed by atoms with van der Waals surface area (Å²) < 4.78 is 0. The lowest BCUT2D eigenvalue weighted by Crippen LogP contribution is -2.20. The second-order valence-corrected chi connectivity index (χ2v) is 5.73. The number of carboxylic acids is 2. The molecule has 0 aromatic carbocycles. The number of hydrogen-bond donors (Lipinski definition) is 2. The van der Waals surface area contributed by atoms with Crippen molar-refractivity contribution in [2.75, 3.05) is 0 Å². The van der Waals surface area contributed by atoms with Gasteiger partial charge in [0, 0.05) is 6.42 Å². The minimum atomic E-state index is -0.815. The smallest absolute Gasteiger partial charge is 0.306 e. The van der Waals surface area contributed by atoms with E-state index in [-0.39, 0.29) is 18.3 Å². The molecule has 0 radical (unpaired) electrons. The molecule has 0 aromatic heterocycles. The van der Waals surface area contributed by atoms with Crippen LogP contribution in [0.5, 0.6) is 0 Å².